The molecule has 0 heterocycles. The van der Waals surface area contributed by atoms with Gasteiger partial charge < -0.3 is 15.0 Å². The Morgan fingerprint density at radius 3 is 2.42 bits per heavy atom. The van der Waals surface area contributed by atoms with E-state index < -0.39 is 0 Å². The molecule has 0 atom stereocenters. The smallest absolute Gasteiger partial charge is 0.193 e. The second-order valence-electron chi connectivity index (χ2n) is 6.87. The summed E-state index contributed by atoms with van der Waals surface area (Å²) in [7, 11) is 3.96. The number of nitrogens with zero attached hydrogens (tertiary/aromatic N) is 2. The fraction of sp³-hybridized carbons (Fsp3) is 0.650. The Labute approximate surface area is 147 Å². The molecule has 2 rings (SSSR count). The molecule has 0 unspecified atom stereocenters. The zero-order chi connectivity index (χ0) is 17.4. The van der Waals surface area contributed by atoms with E-state index in [-0.39, 0.29) is 0 Å². The van der Waals surface area contributed by atoms with Crippen molar-refractivity contribution in [1.82, 2.24) is 10.2 Å². The van der Waals surface area contributed by atoms with Gasteiger partial charge in [-0.2, -0.15) is 0 Å². The van der Waals surface area contributed by atoms with Gasteiger partial charge in [-0.05, 0) is 49.1 Å². The molecule has 1 saturated carbocycles. The van der Waals surface area contributed by atoms with E-state index in [4.69, 9.17) is 4.74 Å². The maximum Gasteiger partial charge on any atom is 0.193 e. The van der Waals surface area contributed by atoms with Crippen LogP contribution in [0.5, 0.6) is 0 Å². The molecule has 4 heteroatoms. The summed E-state index contributed by atoms with van der Waals surface area (Å²) in [5, 5.41) is 3.56. The van der Waals surface area contributed by atoms with Crippen molar-refractivity contribution in [3.8, 4) is 0 Å². The van der Waals surface area contributed by atoms with Crippen LogP contribution in [0.15, 0.2) is 29.3 Å². The minimum Gasteiger partial charge on any atom is -0.382 e. The Kier molecular flexibility index (Phi) is 7.10. The molecule has 4 nitrogen and oxygen atoms in total. The Morgan fingerprint density at radius 2 is 1.88 bits per heavy atom. The number of rotatable bonds is 9. The van der Waals surface area contributed by atoms with E-state index in [9.17, 15) is 0 Å². The maximum absolute atomic E-state index is 5.52. The van der Waals surface area contributed by atoms with Crippen LogP contribution in [0.25, 0.3) is 0 Å². The molecular formula is C20H33N3O. The summed E-state index contributed by atoms with van der Waals surface area (Å²) in [6.45, 7) is 7.79. The van der Waals surface area contributed by atoms with Crippen molar-refractivity contribution in [2.24, 2.45) is 10.4 Å². The Balaban J connectivity index is 1.82. The molecule has 24 heavy (non-hydrogen) atoms. The zero-order valence-electron chi connectivity index (χ0n) is 15.8. The van der Waals surface area contributed by atoms with Crippen molar-refractivity contribution in [2.75, 3.05) is 33.9 Å². The number of aryl methyl sites for hydroxylation is 1. The first kappa shape index (κ1) is 18.8. The van der Waals surface area contributed by atoms with Gasteiger partial charge in [-0.1, -0.05) is 31.2 Å². The molecule has 1 aromatic rings. The SMILES string of the molecule is CCOCCC1(CNC(=NC)N(C)Cc2ccc(CC)cc2)CC1. The fourth-order valence-corrected chi connectivity index (χ4v) is 3.01. The normalized spacial score (nSPS) is 16.1. The average Bonchev–Trinajstić information content (AvgIpc) is 3.36. The summed E-state index contributed by atoms with van der Waals surface area (Å²) in [4.78, 5) is 6.64. The second-order valence-corrected chi connectivity index (χ2v) is 6.87. The van der Waals surface area contributed by atoms with Gasteiger partial charge in [-0.3, -0.25) is 4.99 Å². The van der Waals surface area contributed by atoms with E-state index in [1.807, 2.05) is 7.05 Å². The minimum absolute atomic E-state index is 0.425. The fourth-order valence-electron chi connectivity index (χ4n) is 3.01. The van der Waals surface area contributed by atoms with Crippen molar-refractivity contribution >= 4 is 5.96 Å². The standard InChI is InChI=1S/C20H33N3O/c1-5-17-7-9-18(10-8-17)15-23(4)19(21-3)22-16-20(11-12-20)13-14-24-6-2/h7-10H,5-6,11-16H2,1-4H3,(H,21,22). The lowest BCUT2D eigenvalue weighted by Gasteiger charge is -2.25. The highest BCUT2D eigenvalue weighted by atomic mass is 16.5. The van der Waals surface area contributed by atoms with Gasteiger partial charge in [-0.15, -0.1) is 0 Å². The lowest BCUT2D eigenvalue weighted by molar-refractivity contribution is 0.128. The number of hydrogen-bond donors (Lipinski definition) is 1. The highest BCUT2D eigenvalue weighted by Gasteiger charge is 2.42. The van der Waals surface area contributed by atoms with Gasteiger partial charge in [0.1, 0.15) is 0 Å². The molecule has 1 aromatic carbocycles. The van der Waals surface area contributed by atoms with Gasteiger partial charge in [-0.25, -0.2) is 0 Å². The molecule has 0 amide bonds. The molecule has 1 fully saturated rings. The van der Waals surface area contributed by atoms with Crippen molar-refractivity contribution in [3.05, 3.63) is 35.4 Å². The zero-order valence-corrected chi connectivity index (χ0v) is 15.8. The van der Waals surface area contributed by atoms with E-state index in [1.54, 1.807) is 0 Å². The summed E-state index contributed by atoms with van der Waals surface area (Å²) in [6.07, 6.45) is 4.83. The van der Waals surface area contributed by atoms with Crippen LogP contribution in [0.2, 0.25) is 0 Å². The van der Waals surface area contributed by atoms with Crippen molar-refractivity contribution in [3.63, 3.8) is 0 Å². The van der Waals surface area contributed by atoms with Gasteiger partial charge >= 0.3 is 0 Å². The molecule has 0 bridgehead atoms. The number of ether oxygens (including phenoxy) is 1. The number of aliphatic imine (C=N–C) groups is 1. The Hall–Kier alpha value is -1.55. The van der Waals surface area contributed by atoms with Crippen LogP contribution in [0, 0.1) is 5.41 Å². The third-order valence-corrected chi connectivity index (χ3v) is 4.98. The van der Waals surface area contributed by atoms with Crippen LogP contribution in [0.1, 0.15) is 44.2 Å². The third-order valence-electron chi connectivity index (χ3n) is 4.98. The van der Waals surface area contributed by atoms with Crippen LogP contribution < -0.4 is 5.32 Å². The van der Waals surface area contributed by atoms with Crippen molar-refractivity contribution in [1.29, 1.82) is 0 Å². The van der Waals surface area contributed by atoms with Crippen molar-refractivity contribution in [2.45, 2.75) is 46.1 Å². The van der Waals surface area contributed by atoms with E-state index in [2.05, 4.69) is 60.4 Å². The lowest BCUT2D eigenvalue weighted by Crippen LogP contribution is -2.41. The number of guanidine groups is 1. The monoisotopic (exact) mass is 331 g/mol. The second kappa shape index (κ2) is 9.07. The lowest BCUT2D eigenvalue weighted by atomic mass is 10.0. The summed E-state index contributed by atoms with van der Waals surface area (Å²) >= 11 is 0. The van der Waals surface area contributed by atoms with E-state index >= 15 is 0 Å². The summed E-state index contributed by atoms with van der Waals surface area (Å²) in [5.74, 6) is 0.970. The predicted octanol–water partition coefficient (Wildman–Crippen LogP) is 3.46. The number of nitrogens with one attached hydrogen (secondary N) is 1. The topological polar surface area (TPSA) is 36.9 Å². The van der Waals surface area contributed by atoms with Crippen LogP contribution in [-0.4, -0.2) is 44.7 Å². The van der Waals surface area contributed by atoms with E-state index in [0.717, 1.165) is 45.1 Å². The largest absolute Gasteiger partial charge is 0.382 e. The molecule has 1 aliphatic carbocycles. The quantitative estimate of drug-likeness (QED) is 0.428. The summed E-state index contributed by atoms with van der Waals surface area (Å²) < 4.78 is 5.52. The van der Waals surface area contributed by atoms with Crippen LogP contribution in [0.4, 0.5) is 0 Å². The van der Waals surface area contributed by atoms with Gasteiger partial charge in [0.05, 0.1) is 0 Å². The van der Waals surface area contributed by atoms with E-state index in [0.29, 0.717) is 5.41 Å². The summed E-state index contributed by atoms with van der Waals surface area (Å²) in [5.41, 5.74) is 3.12. The van der Waals surface area contributed by atoms with Gasteiger partial charge in [0.2, 0.25) is 0 Å². The molecule has 1 aliphatic rings. The van der Waals surface area contributed by atoms with Crippen molar-refractivity contribution < 1.29 is 4.74 Å². The number of hydrogen-bond acceptors (Lipinski definition) is 2. The van der Waals surface area contributed by atoms with Gasteiger partial charge in [0, 0.05) is 40.4 Å². The average molecular weight is 332 g/mol. The van der Waals surface area contributed by atoms with E-state index in [1.165, 1.54) is 24.0 Å². The molecule has 0 aromatic heterocycles. The van der Waals surface area contributed by atoms with Crippen LogP contribution in [-0.2, 0) is 17.7 Å². The summed E-state index contributed by atoms with van der Waals surface area (Å²) in [6, 6.07) is 8.86. The molecule has 1 N–H and O–H groups in total. The molecule has 0 saturated heterocycles. The maximum atomic E-state index is 5.52. The Bertz CT molecular complexity index is 520. The first-order valence-electron chi connectivity index (χ1n) is 9.20. The molecular weight excluding hydrogens is 298 g/mol. The molecule has 0 aliphatic heterocycles. The predicted molar refractivity (Wildman–Crippen MR) is 101 cm³/mol. The molecule has 0 radical (unpaired) electrons. The molecule has 134 valence electrons. The van der Waals surface area contributed by atoms with Crippen LogP contribution in [0.3, 0.4) is 0 Å². The molecule has 0 spiro atoms. The Morgan fingerprint density at radius 1 is 1.21 bits per heavy atom. The van der Waals surface area contributed by atoms with Crippen LogP contribution >= 0.6 is 0 Å². The highest BCUT2D eigenvalue weighted by Crippen LogP contribution is 2.48. The first-order valence-corrected chi connectivity index (χ1v) is 9.20. The number of benzene rings is 1. The minimum atomic E-state index is 0.425. The highest BCUT2D eigenvalue weighted by molar-refractivity contribution is 5.79. The third kappa shape index (κ3) is 5.52. The van der Waals surface area contributed by atoms with Gasteiger partial charge in [0.25, 0.3) is 0 Å². The first-order chi connectivity index (χ1) is 11.6. The van der Waals surface area contributed by atoms with Gasteiger partial charge in [0.15, 0.2) is 5.96 Å².